The van der Waals surface area contributed by atoms with E-state index in [0.29, 0.717) is 11.5 Å². The molecule has 0 saturated heterocycles. The van der Waals surface area contributed by atoms with E-state index in [9.17, 15) is 15.0 Å². The molecule has 1 aromatic carbocycles. The van der Waals surface area contributed by atoms with Crippen molar-refractivity contribution in [1.82, 2.24) is 0 Å². The number of aliphatic hydroxyl groups is 1. The molecule has 0 amide bonds. The summed E-state index contributed by atoms with van der Waals surface area (Å²) >= 11 is 0. The van der Waals surface area contributed by atoms with Crippen LogP contribution in [-0.2, 0) is 10.4 Å². The molecule has 17 heavy (non-hydrogen) atoms. The highest BCUT2D eigenvalue weighted by atomic mass is 16.4. The first kappa shape index (κ1) is 12.1. The minimum absolute atomic E-state index is 0.183. The van der Waals surface area contributed by atoms with Crippen LogP contribution in [0.15, 0.2) is 30.3 Å². The molecule has 3 heteroatoms. The van der Waals surface area contributed by atoms with Crippen LogP contribution in [0.4, 0.5) is 0 Å². The van der Waals surface area contributed by atoms with Gasteiger partial charge in [-0.05, 0) is 24.3 Å². The Labute approximate surface area is 101 Å². The van der Waals surface area contributed by atoms with Gasteiger partial charge in [-0.25, -0.2) is 4.79 Å². The average Bonchev–Trinajstić information content (AvgIpc) is 2.76. The van der Waals surface area contributed by atoms with Gasteiger partial charge in [-0.3, -0.25) is 0 Å². The predicted molar refractivity (Wildman–Crippen MR) is 64.5 cm³/mol. The highest BCUT2D eigenvalue weighted by Crippen LogP contribution is 2.43. The van der Waals surface area contributed by atoms with E-state index in [1.165, 1.54) is 0 Å². The van der Waals surface area contributed by atoms with E-state index >= 15 is 0 Å². The van der Waals surface area contributed by atoms with Crippen molar-refractivity contribution >= 4 is 5.97 Å². The summed E-state index contributed by atoms with van der Waals surface area (Å²) in [5, 5.41) is 20.0. The van der Waals surface area contributed by atoms with Gasteiger partial charge in [0.25, 0.3) is 0 Å². The molecule has 0 aliphatic heterocycles. The highest BCUT2D eigenvalue weighted by Gasteiger charge is 2.47. The van der Waals surface area contributed by atoms with Crippen molar-refractivity contribution in [2.45, 2.75) is 31.8 Å². The van der Waals surface area contributed by atoms with E-state index in [2.05, 4.69) is 6.92 Å². The smallest absolute Gasteiger partial charge is 0.340 e. The Bertz CT molecular complexity index is 401. The lowest BCUT2D eigenvalue weighted by atomic mass is 9.80. The number of carbonyl (C=O) groups is 1. The second-order valence-electron chi connectivity index (χ2n) is 5.05. The summed E-state index contributed by atoms with van der Waals surface area (Å²) in [6, 6.07) is 8.74. The third-order valence-corrected chi connectivity index (χ3v) is 3.83. The maximum absolute atomic E-state index is 11.5. The van der Waals surface area contributed by atoms with Gasteiger partial charge in [0.1, 0.15) is 0 Å². The molecule has 0 bridgehead atoms. The summed E-state index contributed by atoms with van der Waals surface area (Å²) in [4.78, 5) is 11.5. The molecule has 0 aromatic heterocycles. The Hall–Kier alpha value is -1.35. The van der Waals surface area contributed by atoms with Crippen LogP contribution in [-0.4, -0.2) is 16.2 Å². The van der Waals surface area contributed by atoms with Crippen LogP contribution >= 0.6 is 0 Å². The Balaban J connectivity index is 2.37. The van der Waals surface area contributed by atoms with Crippen molar-refractivity contribution in [3.8, 4) is 0 Å². The first-order valence-corrected chi connectivity index (χ1v) is 6.06. The molecular weight excluding hydrogens is 216 g/mol. The molecule has 92 valence electrons. The number of hydrogen-bond acceptors (Lipinski definition) is 2. The molecule has 1 fully saturated rings. The van der Waals surface area contributed by atoms with Gasteiger partial charge in [-0.1, -0.05) is 43.7 Å². The van der Waals surface area contributed by atoms with Gasteiger partial charge in [0, 0.05) is 5.92 Å². The minimum atomic E-state index is -1.73. The Morgan fingerprint density at radius 3 is 2.41 bits per heavy atom. The molecule has 2 rings (SSSR count). The molecule has 3 unspecified atom stereocenters. The van der Waals surface area contributed by atoms with E-state index in [1.54, 1.807) is 24.3 Å². The normalized spacial score (nSPS) is 27.6. The molecular formula is C14H18O3. The van der Waals surface area contributed by atoms with Gasteiger partial charge in [0.05, 0.1) is 0 Å². The maximum atomic E-state index is 11.5. The van der Waals surface area contributed by atoms with Crippen LogP contribution in [0.5, 0.6) is 0 Å². The lowest BCUT2D eigenvalue weighted by Crippen LogP contribution is -2.42. The Kier molecular flexibility index (Phi) is 3.20. The molecule has 0 heterocycles. The lowest BCUT2D eigenvalue weighted by molar-refractivity contribution is -0.166. The van der Waals surface area contributed by atoms with Gasteiger partial charge >= 0.3 is 5.97 Å². The molecule has 2 N–H and O–H groups in total. The van der Waals surface area contributed by atoms with Crippen molar-refractivity contribution in [3.05, 3.63) is 35.9 Å². The van der Waals surface area contributed by atoms with Gasteiger partial charge < -0.3 is 10.2 Å². The van der Waals surface area contributed by atoms with E-state index in [-0.39, 0.29) is 5.92 Å². The van der Waals surface area contributed by atoms with Crippen molar-refractivity contribution in [1.29, 1.82) is 0 Å². The summed E-state index contributed by atoms with van der Waals surface area (Å²) in [6.45, 7) is 2.10. The standard InChI is InChI=1S/C14H18O3/c1-10-7-8-12(9-10)14(17,13(15)16)11-5-3-2-4-6-11/h2-6,10,12,17H,7-9H2,1H3,(H,15,16). The fraction of sp³-hybridized carbons (Fsp3) is 0.500. The number of aliphatic carboxylic acids is 1. The first-order valence-electron chi connectivity index (χ1n) is 6.06. The van der Waals surface area contributed by atoms with Gasteiger partial charge in [0.15, 0.2) is 5.60 Å². The van der Waals surface area contributed by atoms with Crippen LogP contribution in [0.3, 0.4) is 0 Å². The Morgan fingerprint density at radius 2 is 1.94 bits per heavy atom. The third kappa shape index (κ3) is 2.07. The van der Waals surface area contributed by atoms with Crippen LogP contribution in [0.2, 0.25) is 0 Å². The van der Waals surface area contributed by atoms with Crippen molar-refractivity contribution in [2.75, 3.05) is 0 Å². The molecule has 1 aliphatic carbocycles. The zero-order valence-corrected chi connectivity index (χ0v) is 9.97. The van der Waals surface area contributed by atoms with Crippen molar-refractivity contribution in [3.63, 3.8) is 0 Å². The van der Waals surface area contributed by atoms with Crippen LogP contribution < -0.4 is 0 Å². The fourth-order valence-corrected chi connectivity index (χ4v) is 2.81. The van der Waals surface area contributed by atoms with E-state index in [0.717, 1.165) is 19.3 Å². The first-order chi connectivity index (χ1) is 8.05. The second kappa shape index (κ2) is 4.49. The molecule has 0 radical (unpaired) electrons. The molecule has 1 aliphatic rings. The monoisotopic (exact) mass is 234 g/mol. The number of carboxylic acids is 1. The summed E-state index contributed by atoms with van der Waals surface area (Å²) in [7, 11) is 0. The molecule has 1 saturated carbocycles. The number of carboxylic acid groups (broad SMARTS) is 1. The van der Waals surface area contributed by atoms with Crippen LogP contribution in [0.1, 0.15) is 31.7 Å². The predicted octanol–water partition coefficient (Wildman–Crippen LogP) is 2.40. The minimum Gasteiger partial charge on any atom is -0.479 e. The topological polar surface area (TPSA) is 57.5 Å². The summed E-state index contributed by atoms with van der Waals surface area (Å²) < 4.78 is 0. The Morgan fingerprint density at radius 1 is 1.29 bits per heavy atom. The number of rotatable bonds is 3. The number of hydrogen-bond donors (Lipinski definition) is 2. The zero-order chi connectivity index (χ0) is 12.5. The summed E-state index contributed by atoms with van der Waals surface area (Å²) in [5.41, 5.74) is -1.24. The third-order valence-electron chi connectivity index (χ3n) is 3.83. The highest BCUT2D eigenvalue weighted by molar-refractivity contribution is 5.79. The molecule has 1 aromatic rings. The number of benzene rings is 1. The largest absolute Gasteiger partial charge is 0.479 e. The molecule has 3 atom stereocenters. The maximum Gasteiger partial charge on any atom is 0.340 e. The van der Waals surface area contributed by atoms with Crippen LogP contribution in [0.25, 0.3) is 0 Å². The summed E-state index contributed by atoms with van der Waals surface area (Å²) in [5.74, 6) is -0.824. The molecule has 3 nitrogen and oxygen atoms in total. The summed E-state index contributed by atoms with van der Waals surface area (Å²) in [6.07, 6.45) is 2.55. The average molecular weight is 234 g/mol. The molecule has 0 spiro atoms. The second-order valence-corrected chi connectivity index (χ2v) is 5.05. The van der Waals surface area contributed by atoms with E-state index < -0.39 is 11.6 Å². The lowest BCUT2D eigenvalue weighted by Gasteiger charge is -2.30. The zero-order valence-electron chi connectivity index (χ0n) is 9.97. The van der Waals surface area contributed by atoms with Crippen molar-refractivity contribution in [2.24, 2.45) is 11.8 Å². The quantitative estimate of drug-likeness (QED) is 0.844. The van der Waals surface area contributed by atoms with Gasteiger partial charge in [-0.15, -0.1) is 0 Å². The van der Waals surface area contributed by atoms with Crippen LogP contribution in [0, 0.1) is 11.8 Å². The van der Waals surface area contributed by atoms with E-state index in [1.807, 2.05) is 6.07 Å². The SMILES string of the molecule is CC1CCC(C(O)(C(=O)O)c2ccccc2)C1. The van der Waals surface area contributed by atoms with Gasteiger partial charge in [0.2, 0.25) is 0 Å². The fourth-order valence-electron chi connectivity index (χ4n) is 2.81. The van der Waals surface area contributed by atoms with Gasteiger partial charge in [-0.2, -0.15) is 0 Å². The van der Waals surface area contributed by atoms with Crippen molar-refractivity contribution < 1.29 is 15.0 Å². The van der Waals surface area contributed by atoms with E-state index in [4.69, 9.17) is 0 Å².